The minimum absolute atomic E-state index is 0.564. The smallest absolute Gasteiger partial charge is 0.180 e. The molecule has 0 atom stereocenters. The molecule has 62 heavy (non-hydrogen) atoms. The predicted octanol–water partition coefficient (Wildman–Crippen LogP) is 14.1. The molecule has 0 aliphatic rings. The molecular formula is C55H33N5O2. The molecular weight excluding hydrogens is 763 g/mol. The Morgan fingerprint density at radius 2 is 0.774 bits per heavy atom. The highest BCUT2D eigenvalue weighted by Crippen LogP contribution is 2.43. The Morgan fingerprint density at radius 3 is 1.39 bits per heavy atom. The zero-order chi connectivity index (χ0) is 41.0. The molecule has 4 aromatic heterocycles. The molecule has 0 fully saturated rings. The lowest BCUT2D eigenvalue weighted by Crippen LogP contribution is -2.00. The molecule has 12 aromatic rings. The van der Waals surface area contributed by atoms with Gasteiger partial charge >= 0.3 is 0 Å². The highest BCUT2D eigenvalue weighted by molar-refractivity contribution is 6.16. The Morgan fingerprint density at radius 1 is 0.290 bits per heavy atom. The van der Waals surface area contributed by atoms with Crippen molar-refractivity contribution in [2.75, 3.05) is 0 Å². The van der Waals surface area contributed by atoms with E-state index in [2.05, 4.69) is 72.8 Å². The van der Waals surface area contributed by atoms with E-state index in [4.69, 9.17) is 33.8 Å². The lowest BCUT2D eigenvalue weighted by molar-refractivity contribution is 0.667. The first kappa shape index (κ1) is 35.4. The van der Waals surface area contributed by atoms with E-state index in [-0.39, 0.29) is 0 Å². The minimum atomic E-state index is 0.564. The van der Waals surface area contributed by atoms with Gasteiger partial charge in [-0.3, -0.25) is 0 Å². The summed E-state index contributed by atoms with van der Waals surface area (Å²) >= 11 is 0. The topological polar surface area (TPSA) is 90.7 Å². The van der Waals surface area contributed by atoms with Gasteiger partial charge in [0.25, 0.3) is 0 Å². The summed E-state index contributed by atoms with van der Waals surface area (Å²) in [7, 11) is 0. The van der Waals surface area contributed by atoms with Gasteiger partial charge in [-0.2, -0.15) is 0 Å². The van der Waals surface area contributed by atoms with Crippen LogP contribution >= 0.6 is 0 Å². The van der Waals surface area contributed by atoms with Gasteiger partial charge in [-0.15, -0.1) is 0 Å². The van der Waals surface area contributed by atoms with Crippen molar-refractivity contribution in [2.45, 2.75) is 0 Å². The largest absolute Gasteiger partial charge is 0.456 e. The summed E-state index contributed by atoms with van der Waals surface area (Å²) in [6.45, 7) is 0. The summed E-state index contributed by atoms with van der Waals surface area (Å²) in [4.78, 5) is 25.5. The quantitative estimate of drug-likeness (QED) is 0.159. The first-order valence-corrected chi connectivity index (χ1v) is 20.5. The highest BCUT2D eigenvalue weighted by atomic mass is 16.3. The van der Waals surface area contributed by atoms with Gasteiger partial charge in [0.05, 0.1) is 5.39 Å². The third-order valence-corrected chi connectivity index (χ3v) is 11.4. The summed E-state index contributed by atoms with van der Waals surface area (Å²) in [6, 6.07) is 67.6. The zero-order valence-corrected chi connectivity index (χ0v) is 33.1. The highest BCUT2D eigenvalue weighted by Gasteiger charge is 2.23. The van der Waals surface area contributed by atoms with Crippen LogP contribution in [0, 0.1) is 0 Å². The van der Waals surface area contributed by atoms with Crippen molar-refractivity contribution >= 4 is 44.0 Å². The van der Waals surface area contributed by atoms with Gasteiger partial charge in [-0.25, -0.2) is 24.9 Å². The van der Waals surface area contributed by atoms with Crippen molar-refractivity contribution in [2.24, 2.45) is 0 Å². The van der Waals surface area contributed by atoms with Crippen LogP contribution in [0.15, 0.2) is 209 Å². The summed E-state index contributed by atoms with van der Waals surface area (Å²) < 4.78 is 13.3. The van der Waals surface area contributed by atoms with Crippen molar-refractivity contribution in [1.29, 1.82) is 0 Å². The number of rotatable bonds is 7. The molecule has 0 amide bonds. The van der Waals surface area contributed by atoms with Crippen LogP contribution in [0.4, 0.5) is 0 Å². The van der Waals surface area contributed by atoms with Crippen molar-refractivity contribution in [3.63, 3.8) is 0 Å². The second-order valence-electron chi connectivity index (χ2n) is 15.2. The minimum Gasteiger partial charge on any atom is -0.456 e. The van der Waals surface area contributed by atoms with Gasteiger partial charge in [0, 0.05) is 38.6 Å². The van der Waals surface area contributed by atoms with E-state index >= 15 is 0 Å². The Balaban J connectivity index is 1.05. The fourth-order valence-corrected chi connectivity index (χ4v) is 8.40. The van der Waals surface area contributed by atoms with Crippen LogP contribution in [0.2, 0.25) is 0 Å². The van der Waals surface area contributed by atoms with Crippen LogP contribution < -0.4 is 0 Å². The Labute approximate surface area is 355 Å². The molecule has 290 valence electrons. The second kappa shape index (κ2) is 14.6. The van der Waals surface area contributed by atoms with Gasteiger partial charge < -0.3 is 8.83 Å². The van der Waals surface area contributed by atoms with Crippen molar-refractivity contribution in [3.05, 3.63) is 200 Å². The zero-order valence-electron chi connectivity index (χ0n) is 33.1. The molecule has 0 aliphatic heterocycles. The van der Waals surface area contributed by atoms with Crippen molar-refractivity contribution in [3.8, 4) is 79.1 Å². The van der Waals surface area contributed by atoms with E-state index < -0.39 is 0 Å². The summed E-state index contributed by atoms with van der Waals surface area (Å²) in [6.07, 6.45) is 0. The average Bonchev–Trinajstić information content (AvgIpc) is 3.93. The third-order valence-electron chi connectivity index (χ3n) is 11.4. The van der Waals surface area contributed by atoms with Crippen molar-refractivity contribution < 1.29 is 8.83 Å². The van der Waals surface area contributed by atoms with Gasteiger partial charge in [-0.05, 0) is 46.5 Å². The number of hydrogen-bond acceptors (Lipinski definition) is 7. The molecule has 7 nitrogen and oxygen atoms in total. The lowest BCUT2D eigenvalue weighted by Gasteiger charge is -2.09. The predicted molar refractivity (Wildman–Crippen MR) is 248 cm³/mol. The molecule has 7 heteroatoms. The van der Waals surface area contributed by atoms with E-state index in [1.54, 1.807) is 0 Å². The van der Waals surface area contributed by atoms with E-state index in [0.717, 1.165) is 94.2 Å². The number of hydrogen-bond donors (Lipinski definition) is 0. The molecule has 0 aliphatic carbocycles. The van der Waals surface area contributed by atoms with Crippen LogP contribution in [0.1, 0.15) is 0 Å². The maximum atomic E-state index is 6.75. The third kappa shape index (κ3) is 6.11. The van der Waals surface area contributed by atoms with E-state index in [1.165, 1.54) is 0 Å². The van der Waals surface area contributed by atoms with Crippen LogP contribution in [-0.2, 0) is 0 Å². The number of aromatic nitrogens is 5. The number of benzene rings is 8. The molecule has 4 heterocycles. The molecule has 0 saturated heterocycles. The fraction of sp³-hybridized carbons (Fsp3) is 0. The molecule has 0 unspecified atom stereocenters. The fourth-order valence-electron chi connectivity index (χ4n) is 8.40. The SMILES string of the molecule is c1ccc(-c2ccc(-c3nc(-c4ccccc4)nc4c3oc3cccc(-c5ccc6oc7cccc(-c8nc(-c9ccccc9)nc(-c9ccccc9)n8)c7c6c5)c34)cc2)cc1. The van der Waals surface area contributed by atoms with E-state index in [0.29, 0.717) is 28.9 Å². The molecule has 0 N–H and O–H groups in total. The van der Waals surface area contributed by atoms with Gasteiger partial charge in [-0.1, -0.05) is 176 Å². The monoisotopic (exact) mass is 795 g/mol. The van der Waals surface area contributed by atoms with E-state index in [9.17, 15) is 0 Å². The summed E-state index contributed by atoms with van der Waals surface area (Å²) in [5, 5.41) is 2.78. The van der Waals surface area contributed by atoms with Gasteiger partial charge in [0.2, 0.25) is 0 Å². The second-order valence-corrected chi connectivity index (χ2v) is 15.2. The Hall–Kier alpha value is -8.55. The number of fused-ring (bicyclic) bond motifs is 6. The molecule has 8 aromatic carbocycles. The number of nitrogens with zero attached hydrogens (tertiary/aromatic N) is 5. The molecule has 0 radical (unpaired) electrons. The Bertz CT molecular complexity index is 3550. The summed E-state index contributed by atoms with van der Waals surface area (Å²) in [5.74, 6) is 2.39. The summed E-state index contributed by atoms with van der Waals surface area (Å²) in [5.41, 5.74) is 13.1. The molecule has 0 saturated carbocycles. The van der Waals surface area contributed by atoms with Crippen LogP contribution in [0.5, 0.6) is 0 Å². The van der Waals surface area contributed by atoms with E-state index in [1.807, 2.05) is 127 Å². The van der Waals surface area contributed by atoms with Crippen LogP contribution in [0.3, 0.4) is 0 Å². The lowest BCUT2D eigenvalue weighted by atomic mass is 9.97. The maximum absolute atomic E-state index is 6.75. The van der Waals surface area contributed by atoms with Gasteiger partial charge in [0.15, 0.2) is 28.9 Å². The molecule has 12 rings (SSSR count). The first-order chi connectivity index (χ1) is 30.7. The maximum Gasteiger partial charge on any atom is 0.180 e. The van der Waals surface area contributed by atoms with Crippen LogP contribution in [0.25, 0.3) is 123 Å². The number of furan rings is 2. The Kier molecular flexibility index (Phi) is 8.35. The standard InChI is InChI=1S/C55H33N5O2/c1-5-15-34(16-6-1)35-27-29-36(30-28-35)49-51-50(57-52(56-49)37-17-7-2-8-18-37)48-41(23-13-26-46(48)62-51)40-31-32-44-43(33-40)47-42(24-14-25-45(47)61-44)55-59-53(38-19-9-3-10-20-38)58-54(60-55)39-21-11-4-12-22-39/h1-33H. The first-order valence-electron chi connectivity index (χ1n) is 20.5. The van der Waals surface area contributed by atoms with Crippen molar-refractivity contribution in [1.82, 2.24) is 24.9 Å². The van der Waals surface area contributed by atoms with Gasteiger partial charge in [0.1, 0.15) is 28.0 Å². The average molecular weight is 796 g/mol. The molecule has 0 bridgehead atoms. The molecule has 0 spiro atoms. The normalized spacial score (nSPS) is 11.5. The van der Waals surface area contributed by atoms with Crippen LogP contribution in [-0.4, -0.2) is 24.9 Å².